The molecule has 0 aliphatic carbocycles. The van der Waals surface area contributed by atoms with Crippen molar-refractivity contribution >= 4 is 23.2 Å². The zero-order valence-corrected chi connectivity index (χ0v) is 13.0. The lowest BCUT2D eigenvalue weighted by Crippen LogP contribution is -2.32. The zero-order chi connectivity index (χ0) is 17.9. The number of H-pyrrole nitrogens is 1. The number of carbonyl (C=O) groups is 1. The molecule has 128 valence electrons. The van der Waals surface area contributed by atoms with Gasteiger partial charge in [0.2, 0.25) is 0 Å². The van der Waals surface area contributed by atoms with Crippen LogP contribution in [0.25, 0.3) is 0 Å². The molecule has 1 amide bonds. The topological polar surface area (TPSA) is 71.2 Å². The van der Waals surface area contributed by atoms with Gasteiger partial charge in [0.05, 0.1) is 10.6 Å². The van der Waals surface area contributed by atoms with Crippen LogP contribution in [0, 0.1) is 0 Å². The number of aromatic amines is 1. The van der Waals surface area contributed by atoms with Crippen LogP contribution in [-0.2, 0) is 11.0 Å². The van der Waals surface area contributed by atoms with Crippen molar-refractivity contribution in [3.8, 4) is 5.75 Å². The van der Waals surface area contributed by atoms with Crippen molar-refractivity contribution in [2.24, 2.45) is 0 Å². The van der Waals surface area contributed by atoms with Crippen molar-refractivity contribution in [1.29, 1.82) is 0 Å². The fourth-order valence-electron chi connectivity index (χ4n) is 1.76. The largest absolute Gasteiger partial charge is 0.479 e. The molecule has 0 aliphatic heterocycles. The van der Waals surface area contributed by atoms with Crippen LogP contribution in [0.3, 0.4) is 0 Å². The molecule has 0 fully saturated rings. The van der Waals surface area contributed by atoms with Crippen LogP contribution < -0.4 is 15.6 Å². The van der Waals surface area contributed by atoms with Gasteiger partial charge in [0, 0.05) is 6.20 Å². The quantitative estimate of drug-likeness (QED) is 0.877. The Morgan fingerprint density at radius 2 is 2.00 bits per heavy atom. The summed E-state index contributed by atoms with van der Waals surface area (Å²) in [5, 5.41) is 2.38. The first kappa shape index (κ1) is 17.9. The molecule has 1 aromatic heterocycles. The summed E-state index contributed by atoms with van der Waals surface area (Å²) in [6.45, 7) is 1.38. The number of anilines is 1. The maximum atomic E-state index is 12.7. The molecule has 1 unspecified atom stereocenters. The van der Waals surface area contributed by atoms with Gasteiger partial charge in [-0.05, 0) is 25.1 Å². The maximum Gasteiger partial charge on any atom is 0.417 e. The van der Waals surface area contributed by atoms with E-state index in [-0.39, 0.29) is 10.8 Å². The number of ether oxygens (including phenoxy) is 1. The van der Waals surface area contributed by atoms with E-state index in [1.54, 1.807) is 18.2 Å². The standard InChI is InChI=1S/C15H12ClF3N2O3/c1-8(24-12-5-3-2-4-10(12)16)13(22)21-11-6-9(15(17,18)19)7-20-14(11)23/h2-8H,1H3,(H,20,23)(H,21,22). The fraction of sp³-hybridized carbons (Fsp3) is 0.200. The molecule has 5 nitrogen and oxygen atoms in total. The minimum Gasteiger partial charge on any atom is -0.479 e. The number of para-hydroxylation sites is 1. The molecule has 0 saturated carbocycles. The SMILES string of the molecule is CC(Oc1ccccc1Cl)C(=O)Nc1cc(C(F)(F)F)c[nH]c1=O. The summed E-state index contributed by atoms with van der Waals surface area (Å²) in [6, 6.07) is 6.95. The predicted molar refractivity (Wildman–Crippen MR) is 82.2 cm³/mol. The van der Waals surface area contributed by atoms with Crippen molar-refractivity contribution in [2.75, 3.05) is 5.32 Å². The molecule has 0 radical (unpaired) electrons. The Hall–Kier alpha value is -2.48. The Balaban J connectivity index is 2.14. The fourth-order valence-corrected chi connectivity index (χ4v) is 1.94. The minimum atomic E-state index is -4.65. The molecule has 9 heteroatoms. The highest BCUT2D eigenvalue weighted by Crippen LogP contribution is 2.29. The molecular formula is C15H12ClF3N2O3. The summed E-state index contributed by atoms with van der Waals surface area (Å²) in [4.78, 5) is 25.5. The first-order chi connectivity index (χ1) is 11.2. The predicted octanol–water partition coefficient (Wildman–Crippen LogP) is 3.45. The molecule has 1 aromatic carbocycles. The smallest absolute Gasteiger partial charge is 0.417 e. The van der Waals surface area contributed by atoms with Crippen molar-refractivity contribution in [3.63, 3.8) is 0 Å². The second-order valence-corrected chi connectivity index (χ2v) is 5.22. The number of carbonyl (C=O) groups excluding carboxylic acids is 1. The van der Waals surface area contributed by atoms with Crippen LogP contribution in [0.15, 0.2) is 41.3 Å². The van der Waals surface area contributed by atoms with Crippen LogP contribution in [0.1, 0.15) is 12.5 Å². The highest BCUT2D eigenvalue weighted by Gasteiger charge is 2.31. The molecule has 2 N–H and O–H groups in total. The Bertz CT molecular complexity index is 805. The van der Waals surface area contributed by atoms with Crippen LogP contribution in [0.4, 0.5) is 18.9 Å². The molecule has 2 aromatic rings. The van der Waals surface area contributed by atoms with Gasteiger partial charge < -0.3 is 15.0 Å². The van der Waals surface area contributed by atoms with E-state index in [1.807, 2.05) is 4.98 Å². The van der Waals surface area contributed by atoms with Gasteiger partial charge in [0.1, 0.15) is 11.4 Å². The van der Waals surface area contributed by atoms with Crippen LogP contribution in [0.5, 0.6) is 5.75 Å². The van der Waals surface area contributed by atoms with Gasteiger partial charge in [-0.15, -0.1) is 0 Å². The van der Waals surface area contributed by atoms with Gasteiger partial charge >= 0.3 is 6.18 Å². The Morgan fingerprint density at radius 1 is 1.33 bits per heavy atom. The van der Waals surface area contributed by atoms with Crippen molar-refractivity contribution in [3.05, 3.63) is 57.5 Å². The normalized spacial score (nSPS) is 12.5. The molecule has 24 heavy (non-hydrogen) atoms. The number of hydrogen-bond acceptors (Lipinski definition) is 3. The van der Waals surface area contributed by atoms with Gasteiger partial charge in [-0.3, -0.25) is 9.59 Å². The molecular weight excluding hydrogens is 349 g/mol. The Labute approximate surface area is 139 Å². The first-order valence-corrected chi connectivity index (χ1v) is 7.08. The monoisotopic (exact) mass is 360 g/mol. The number of hydrogen-bond donors (Lipinski definition) is 2. The van der Waals surface area contributed by atoms with Gasteiger partial charge in [0.25, 0.3) is 11.5 Å². The minimum absolute atomic E-state index is 0.236. The third-order valence-electron chi connectivity index (χ3n) is 3.00. The average Bonchev–Trinajstić information content (AvgIpc) is 2.50. The molecule has 2 rings (SSSR count). The number of rotatable bonds is 4. The highest BCUT2D eigenvalue weighted by molar-refractivity contribution is 6.32. The second-order valence-electron chi connectivity index (χ2n) is 4.81. The number of pyridine rings is 1. The molecule has 0 saturated heterocycles. The van der Waals surface area contributed by atoms with Crippen molar-refractivity contribution in [2.45, 2.75) is 19.2 Å². The van der Waals surface area contributed by atoms with Crippen LogP contribution in [-0.4, -0.2) is 17.0 Å². The van der Waals surface area contributed by atoms with Crippen LogP contribution in [0.2, 0.25) is 5.02 Å². The highest BCUT2D eigenvalue weighted by atomic mass is 35.5. The van der Waals surface area contributed by atoms with Crippen molar-refractivity contribution in [1.82, 2.24) is 4.98 Å². The van der Waals surface area contributed by atoms with E-state index in [1.165, 1.54) is 13.0 Å². The Morgan fingerprint density at radius 3 is 2.62 bits per heavy atom. The molecule has 1 heterocycles. The third kappa shape index (κ3) is 4.29. The summed E-state index contributed by atoms with van der Waals surface area (Å²) >= 11 is 5.89. The van der Waals surface area contributed by atoms with Gasteiger partial charge in [-0.2, -0.15) is 13.2 Å². The summed E-state index contributed by atoms with van der Waals surface area (Å²) in [7, 11) is 0. The van der Waals surface area contributed by atoms with Gasteiger partial charge in [-0.25, -0.2) is 0 Å². The third-order valence-corrected chi connectivity index (χ3v) is 3.31. The lowest BCUT2D eigenvalue weighted by atomic mass is 10.2. The maximum absolute atomic E-state index is 12.7. The van der Waals surface area contributed by atoms with E-state index >= 15 is 0 Å². The van der Waals surface area contributed by atoms with Gasteiger partial charge in [0.15, 0.2) is 6.10 Å². The summed E-state index contributed by atoms with van der Waals surface area (Å²) < 4.78 is 43.3. The number of benzene rings is 1. The number of halogens is 4. The van der Waals surface area contributed by atoms with E-state index < -0.39 is 35.0 Å². The lowest BCUT2D eigenvalue weighted by molar-refractivity contribution is -0.137. The lowest BCUT2D eigenvalue weighted by Gasteiger charge is -2.15. The molecule has 0 bridgehead atoms. The van der Waals surface area contributed by atoms with E-state index in [0.717, 1.165) is 0 Å². The zero-order valence-electron chi connectivity index (χ0n) is 12.3. The summed E-state index contributed by atoms with van der Waals surface area (Å²) in [5.41, 5.74) is -2.47. The van der Waals surface area contributed by atoms with Crippen molar-refractivity contribution < 1.29 is 22.7 Å². The first-order valence-electron chi connectivity index (χ1n) is 6.70. The van der Waals surface area contributed by atoms with Gasteiger partial charge in [-0.1, -0.05) is 23.7 Å². The average molecular weight is 361 g/mol. The molecule has 1 atom stereocenters. The summed E-state index contributed by atoms with van der Waals surface area (Å²) in [5.74, 6) is -0.556. The van der Waals surface area contributed by atoms with E-state index in [0.29, 0.717) is 12.3 Å². The second kappa shape index (κ2) is 6.96. The number of amides is 1. The summed E-state index contributed by atoms with van der Waals surface area (Å²) in [6.07, 6.45) is -5.20. The van der Waals surface area contributed by atoms with Crippen LogP contribution >= 0.6 is 11.6 Å². The number of nitrogens with one attached hydrogen (secondary N) is 2. The van der Waals surface area contributed by atoms with E-state index in [4.69, 9.17) is 16.3 Å². The van der Waals surface area contributed by atoms with E-state index in [2.05, 4.69) is 5.32 Å². The number of aromatic nitrogens is 1. The molecule has 0 aliphatic rings. The van der Waals surface area contributed by atoms with E-state index in [9.17, 15) is 22.8 Å². The Kier molecular flexibility index (Phi) is 5.18. The number of alkyl halides is 3. The molecule has 0 spiro atoms.